The van der Waals surface area contributed by atoms with Crippen LogP contribution in [0.4, 0.5) is 0 Å². The van der Waals surface area contributed by atoms with Crippen LogP contribution in [0.3, 0.4) is 0 Å². The molecule has 1 rings (SSSR count). The summed E-state index contributed by atoms with van der Waals surface area (Å²) in [5.74, 6) is 4.64. The zero-order chi connectivity index (χ0) is 8.10. The molecule has 1 amide bonds. The molecule has 0 fully saturated rings. The van der Waals surface area contributed by atoms with Gasteiger partial charge in [-0.25, -0.2) is 0 Å². The molecule has 0 aliphatic rings. The van der Waals surface area contributed by atoms with Crippen LogP contribution in [0.2, 0.25) is 0 Å². The minimum Gasteiger partial charge on any atom is -0.274 e. The van der Waals surface area contributed by atoms with Crippen LogP contribution in [-0.4, -0.2) is 5.91 Å². The van der Waals surface area contributed by atoms with Gasteiger partial charge in [-0.3, -0.25) is 16.1 Å². The van der Waals surface area contributed by atoms with Crippen molar-refractivity contribution in [2.45, 2.75) is 0 Å². The molecule has 0 saturated carbocycles. The molecule has 1 aromatic carbocycles. The summed E-state index contributed by atoms with van der Waals surface area (Å²) < 4.78 is 0. The molecule has 1 aromatic rings. The fourth-order valence-corrected chi connectivity index (χ4v) is 0.727. The second kappa shape index (κ2) is 3.70. The molecule has 0 aliphatic heterocycles. The number of rotatable bonds is 2. The summed E-state index contributed by atoms with van der Waals surface area (Å²) in [6.45, 7) is 0. The lowest BCUT2D eigenvalue weighted by molar-refractivity contribution is 0.0934. The highest BCUT2D eigenvalue weighted by Gasteiger charge is 2.00. The van der Waals surface area contributed by atoms with E-state index in [1.165, 1.54) is 0 Å². The van der Waals surface area contributed by atoms with Crippen molar-refractivity contribution in [3.8, 4) is 0 Å². The highest BCUT2D eigenvalue weighted by molar-refractivity contribution is 5.93. The van der Waals surface area contributed by atoms with Crippen LogP contribution < -0.4 is 16.8 Å². The van der Waals surface area contributed by atoms with E-state index in [0.717, 1.165) is 0 Å². The largest absolute Gasteiger partial charge is 0.274 e. The van der Waals surface area contributed by atoms with Crippen LogP contribution in [0.1, 0.15) is 10.4 Å². The first-order valence-corrected chi connectivity index (χ1v) is 3.15. The van der Waals surface area contributed by atoms with Gasteiger partial charge in [0.2, 0.25) is 0 Å². The average molecular weight is 151 g/mol. The second-order valence-electron chi connectivity index (χ2n) is 1.96. The molecule has 0 atom stereocenters. The van der Waals surface area contributed by atoms with Crippen LogP contribution in [-0.2, 0) is 0 Å². The summed E-state index contributed by atoms with van der Waals surface area (Å²) >= 11 is 0. The van der Waals surface area contributed by atoms with Crippen molar-refractivity contribution in [3.05, 3.63) is 35.9 Å². The lowest BCUT2D eigenvalue weighted by atomic mass is 10.2. The summed E-state index contributed by atoms with van der Waals surface area (Å²) in [6.07, 6.45) is 0. The van der Waals surface area contributed by atoms with E-state index in [-0.39, 0.29) is 5.91 Å². The van der Waals surface area contributed by atoms with Gasteiger partial charge in [0.15, 0.2) is 0 Å². The number of carbonyl (C=O) groups excluding carboxylic acids is 1. The van der Waals surface area contributed by atoms with Crippen molar-refractivity contribution in [2.24, 2.45) is 5.84 Å². The van der Waals surface area contributed by atoms with E-state index in [4.69, 9.17) is 5.84 Å². The Balaban J connectivity index is 2.69. The molecule has 0 saturated heterocycles. The molecule has 4 nitrogen and oxygen atoms in total. The van der Waals surface area contributed by atoms with Crippen molar-refractivity contribution in [2.75, 3.05) is 0 Å². The maximum Gasteiger partial charge on any atom is 0.266 e. The number of carbonyl (C=O) groups is 1. The predicted octanol–water partition coefficient (Wildman–Crippen LogP) is -0.205. The van der Waals surface area contributed by atoms with Crippen LogP contribution in [0.25, 0.3) is 0 Å². The average Bonchev–Trinajstić information content (AvgIpc) is 2.07. The Morgan fingerprint density at radius 3 is 2.45 bits per heavy atom. The normalized spacial score (nSPS) is 9.18. The third-order valence-electron chi connectivity index (χ3n) is 1.22. The van der Waals surface area contributed by atoms with E-state index in [1.807, 2.05) is 6.07 Å². The van der Waals surface area contributed by atoms with Gasteiger partial charge in [-0.15, -0.1) is 0 Å². The molecule has 58 valence electrons. The van der Waals surface area contributed by atoms with Gasteiger partial charge in [-0.05, 0) is 12.1 Å². The fraction of sp³-hybridized carbons (Fsp3) is 0. The van der Waals surface area contributed by atoms with Crippen molar-refractivity contribution in [1.82, 2.24) is 11.0 Å². The molecule has 0 heterocycles. The van der Waals surface area contributed by atoms with Crippen LogP contribution in [0.5, 0.6) is 0 Å². The van der Waals surface area contributed by atoms with E-state index in [0.29, 0.717) is 5.56 Å². The lowest BCUT2D eigenvalue weighted by Gasteiger charge is -2.00. The predicted molar refractivity (Wildman–Crippen MR) is 41.2 cm³/mol. The zero-order valence-electron chi connectivity index (χ0n) is 5.87. The Labute approximate surface area is 64.3 Å². The van der Waals surface area contributed by atoms with E-state index < -0.39 is 0 Å². The van der Waals surface area contributed by atoms with Gasteiger partial charge in [-0.2, -0.15) is 5.53 Å². The molecular formula is C7H9N3O. The summed E-state index contributed by atoms with van der Waals surface area (Å²) in [5.41, 5.74) is 4.89. The first kappa shape index (κ1) is 7.71. The molecule has 0 bridgehead atoms. The number of hydrogen-bond acceptors (Lipinski definition) is 3. The number of amides is 1. The van der Waals surface area contributed by atoms with E-state index in [9.17, 15) is 4.79 Å². The van der Waals surface area contributed by atoms with Gasteiger partial charge in [0.1, 0.15) is 0 Å². The number of benzene rings is 1. The molecule has 4 heteroatoms. The Hall–Kier alpha value is -1.39. The minimum absolute atomic E-state index is 0.242. The quantitative estimate of drug-likeness (QED) is 0.405. The van der Waals surface area contributed by atoms with Crippen molar-refractivity contribution < 1.29 is 4.79 Å². The number of hydrazine groups is 2. The standard InChI is InChI=1S/C7H9N3O/c8-10-9-7(11)6-4-2-1-3-5-6/h1-5,10H,8H2,(H,9,11). The lowest BCUT2D eigenvalue weighted by Crippen LogP contribution is -2.42. The summed E-state index contributed by atoms with van der Waals surface area (Å²) in [5, 5.41) is 0. The first-order valence-electron chi connectivity index (χ1n) is 3.15. The third-order valence-corrected chi connectivity index (χ3v) is 1.22. The van der Waals surface area contributed by atoms with Crippen LogP contribution >= 0.6 is 0 Å². The van der Waals surface area contributed by atoms with Gasteiger partial charge in [-0.1, -0.05) is 18.2 Å². The molecule has 11 heavy (non-hydrogen) atoms. The van der Waals surface area contributed by atoms with Crippen LogP contribution in [0.15, 0.2) is 30.3 Å². The molecular weight excluding hydrogens is 142 g/mol. The third kappa shape index (κ3) is 2.03. The monoisotopic (exact) mass is 151 g/mol. The molecule has 0 spiro atoms. The Bertz CT molecular complexity index is 235. The maximum absolute atomic E-state index is 11.0. The first-order chi connectivity index (χ1) is 5.34. The Morgan fingerprint density at radius 1 is 1.27 bits per heavy atom. The van der Waals surface area contributed by atoms with Gasteiger partial charge < -0.3 is 0 Å². The fourth-order valence-electron chi connectivity index (χ4n) is 0.727. The zero-order valence-corrected chi connectivity index (χ0v) is 5.87. The number of hydrogen-bond donors (Lipinski definition) is 3. The van der Waals surface area contributed by atoms with Crippen molar-refractivity contribution >= 4 is 5.91 Å². The molecule has 0 unspecified atom stereocenters. The van der Waals surface area contributed by atoms with Crippen molar-refractivity contribution in [1.29, 1.82) is 0 Å². The van der Waals surface area contributed by atoms with E-state index in [1.54, 1.807) is 24.3 Å². The van der Waals surface area contributed by atoms with Crippen LogP contribution in [0, 0.1) is 0 Å². The smallest absolute Gasteiger partial charge is 0.266 e. The van der Waals surface area contributed by atoms with Gasteiger partial charge in [0, 0.05) is 5.56 Å². The number of nitrogens with one attached hydrogen (secondary N) is 2. The number of nitrogens with two attached hydrogens (primary N) is 1. The summed E-state index contributed by atoms with van der Waals surface area (Å²) in [4.78, 5) is 11.0. The maximum atomic E-state index is 11.0. The highest BCUT2D eigenvalue weighted by atomic mass is 16.2. The molecule has 0 radical (unpaired) electrons. The summed E-state index contributed by atoms with van der Waals surface area (Å²) in [6, 6.07) is 8.81. The van der Waals surface area contributed by atoms with Crippen molar-refractivity contribution in [3.63, 3.8) is 0 Å². The van der Waals surface area contributed by atoms with Gasteiger partial charge >= 0.3 is 0 Å². The second-order valence-corrected chi connectivity index (χ2v) is 1.96. The van der Waals surface area contributed by atoms with E-state index in [2.05, 4.69) is 11.0 Å². The topological polar surface area (TPSA) is 67.2 Å². The summed E-state index contributed by atoms with van der Waals surface area (Å²) in [7, 11) is 0. The Morgan fingerprint density at radius 2 is 1.91 bits per heavy atom. The minimum atomic E-state index is -0.242. The van der Waals surface area contributed by atoms with Gasteiger partial charge in [0.25, 0.3) is 5.91 Å². The molecule has 0 aromatic heterocycles. The Kier molecular flexibility index (Phi) is 2.59. The van der Waals surface area contributed by atoms with E-state index >= 15 is 0 Å². The highest BCUT2D eigenvalue weighted by Crippen LogP contribution is 1.96. The molecule has 4 N–H and O–H groups in total. The SMILES string of the molecule is NNNC(=O)c1ccccc1. The molecule has 0 aliphatic carbocycles. The van der Waals surface area contributed by atoms with Gasteiger partial charge in [0.05, 0.1) is 0 Å².